The highest BCUT2D eigenvalue weighted by atomic mass is 32.1. The highest BCUT2D eigenvalue weighted by Crippen LogP contribution is 2.27. The number of aliphatic hydroxyl groups is 2. The van der Waals surface area contributed by atoms with Crippen molar-refractivity contribution in [1.82, 2.24) is 4.98 Å². The van der Waals surface area contributed by atoms with Crippen LogP contribution in [0.3, 0.4) is 0 Å². The Kier molecular flexibility index (Phi) is 3.09. The van der Waals surface area contributed by atoms with Crippen LogP contribution in [0.4, 0.5) is 5.82 Å². The molecule has 2 heterocycles. The summed E-state index contributed by atoms with van der Waals surface area (Å²) >= 11 is 1.64. The van der Waals surface area contributed by atoms with Crippen LogP contribution in [-0.2, 0) is 0 Å². The maximum atomic E-state index is 9.22. The van der Waals surface area contributed by atoms with E-state index < -0.39 is 5.54 Å². The van der Waals surface area contributed by atoms with Gasteiger partial charge in [0.1, 0.15) is 5.82 Å². The van der Waals surface area contributed by atoms with Gasteiger partial charge >= 0.3 is 0 Å². The second kappa shape index (κ2) is 4.37. The fourth-order valence-corrected chi connectivity index (χ4v) is 2.19. The van der Waals surface area contributed by atoms with Crippen LogP contribution in [0.5, 0.6) is 0 Å². The van der Waals surface area contributed by atoms with Gasteiger partial charge in [-0.05, 0) is 24.4 Å². The van der Waals surface area contributed by atoms with Gasteiger partial charge in [0.25, 0.3) is 0 Å². The Hall–Kier alpha value is -1.17. The SMILES string of the molecule is CC(CO)(CO)Nc1nccc2sccc12. The maximum Gasteiger partial charge on any atom is 0.135 e. The molecule has 0 aliphatic rings. The Morgan fingerprint density at radius 1 is 1.38 bits per heavy atom. The van der Waals surface area contributed by atoms with Gasteiger partial charge in [-0.15, -0.1) is 11.3 Å². The van der Waals surface area contributed by atoms with Crippen molar-refractivity contribution in [2.45, 2.75) is 12.5 Å². The second-order valence-electron chi connectivity index (χ2n) is 3.99. The topological polar surface area (TPSA) is 65.4 Å². The summed E-state index contributed by atoms with van der Waals surface area (Å²) < 4.78 is 1.13. The van der Waals surface area contributed by atoms with Gasteiger partial charge in [0.05, 0.1) is 18.8 Å². The van der Waals surface area contributed by atoms with Gasteiger partial charge in [0.2, 0.25) is 0 Å². The van der Waals surface area contributed by atoms with Crippen LogP contribution in [0, 0.1) is 0 Å². The third-order valence-electron chi connectivity index (χ3n) is 2.50. The van der Waals surface area contributed by atoms with E-state index in [4.69, 9.17) is 0 Å². The first-order valence-corrected chi connectivity index (χ1v) is 5.88. The van der Waals surface area contributed by atoms with Crippen molar-refractivity contribution in [3.05, 3.63) is 23.7 Å². The minimum atomic E-state index is -0.747. The number of nitrogens with zero attached hydrogens (tertiary/aromatic N) is 1. The Balaban J connectivity index is 2.37. The standard InChI is InChI=1S/C11H14N2O2S/c1-11(6-14,7-15)13-10-8-3-5-16-9(8)2-4-12-10/h2-5,14-15H,6-7H2,1H3,(H,12,13). The Morgan fingerprint density at radius 3 is 2.81 bits per heavy atom. The molecule has 0 amide bonds. The number of fused-ring (bicyclic) bond motifs is 1. The van der Waals surface area contributed by atoms with Crippen molar-refractivity contribution in [3.8, 4) is 0 Å². The van der Waals surface area contributed by atoms with Gasteiger partial charge in [-0.1, -0.05) is 0 Å². The van der Waals surface area contributed by atoms with Crippen molar-refractivity contribution in [2.75, 3.05) is 18.5 Å². The molecule has 0 aliphatic heterocycles. The zero-order valence-electron chi connectivity index (χ0n) is 8.97. The first-order chi connectivity index (χ1) is 7.68. The van der Waals surface area contributed by atoms with Crippen molar-refractivity contribution in [2.24, 2.45) is 0 Å². The smallest absolute Gasteiger partial charge is 0.135 e. The minimum absolute atomic E-state index is 0.147. The largest absolute Gasteiger partial charge is 0.394 e. The highest BCUT2D eigenvalue weighted by molar-refractivity contribution is 7.17. The summed E-state index contributed by atoms with van der Waals surface area (Å²) in [6.07, 6.45) is 1.72. The molecule has 0 unspecified atom stereocenters. The number of rotatable bonds is 4. The fraction of sp³-hybridized carbons (Fsp3) is 0.364. The molecule has 0 bridgehead atoms. The first kappa shape index (κ1) is 11.3. The Morgan fingerprint density at radius 2 is 2.12 bits per heavy atom. The van der Waals surface area contributed by atoms with E-state index in [1.54, 1.807) is 24.5 Å². The summed E-state index contributed by atoms with van der Waals surface area (Å²) in [5.41, 5.74) is -0.747. The molecule has 16 heavy (non-hydrogen) atoms. The van der Waals surface area contributed by atoms with Gasteiger partial charge in [0, 0.05) is 16.3 Å². The number of pyridine rings is 1. The van der Waals surface area contributed by atoms with Crippen LogP contribution in [0.15, 0.2) is 23.7 Å². The van der Waals surface area contributed by atoms with Crippen LogP contribution in [-0.4, -0.2) is 33.9 Å². The highest BCUT2D eigenvalue weighted by Gasteiger charge is 2.23. The van der Waals surface area contributed by atoms with E-state index in [-0.39, 0.29) is 13.2 Å². The molecule has 0 aliphatic carbocycles. The molecule has 2 rings (SSSR count). The summed E-state index contributed by atoms with van der Waals surface area (Å²) in [5.74, 6) is 0.698. The monoisotopic (exact) mass is 238 g/mol. The summed E-state index contributed by atoms with van der Waals surface area (Å²) in [6.45, 7) is 1.46. The summed E-state index contributed by atoms with van der Waals surface area (Å²) in [4.78, 5) is 4.23. The maximum absolute atomic E-state index is 9.22. The molecule has 0 spiro atoms. The molecule has 0 saturated carbocycles. The lowest BCUT2D eigenvalue weighted by atomic mass is 10.1. The molecule has 2 aromatic heterocycles. The molecule has 86 valence electrons. The summed E-state index contributed by atoms with van der Waals surface area (Å²) in [5, 5.41) is 24.5. The number of aromatic nitrogens is 1. The van der Waals surface area contributed by atoms with Gasteiger partial charge in [-0.2, -0.15) is 0 Å². The number of hydrogen-bond acceptors (Lipinski definition) is 5. The predicted molar refractivity (Wildman–Crippen MR) is 65.8 cm³/mol. The lowest BCUT2D eigenvalue weighted by Crippen LogP contribution is -2.42. The minimum Gasteiger partial charge on any atom is -0.394 e. The van der Waals surface area contributed by atoms with Crippen molar-refractivity contribution < 1.29 is 10.2 Å². The van der Waals surface area contributed by atoms with Crippen LogP contribution < -0.4 is 5.32 Å². The third-order valence-corrected chi connectivity index (χ3v) is 3.38. The van der Waals surface area contributed by atoms with Crippen LogP contribution in [0.2, 0.25) is 0 Å². The van der Waals surface area contributed by atoms with Gasteiger partial charge in [0.15, 0.2) is 0 Å². The average Bonchev–Trinajstić information content (AvgIpc) is 2.78. The molecule has 5 heteroatoms. The zero-order chi connectivity index (χ0) is 11.6. The quantitative estimate of drug-likeness (QED) is 0.754. The van der Waals surface area contributed by atoms with Gasteiger partial charge in [-0.3, -0.25) is 0 Å². The molecule has 0 radical (unpaired) electrons. The molecule has 0 saturated heterocycles. The lowest BCUT2D eigenvalue weighted by Gasteiger charge is -2.27. The van der Waals surface area contributed by atoms with Gasteiger partial charge in [-0.25, -0.2) is 4.98 Å². The van der Waals surface area contributed by atoms with Crippen LogP contribution >= 0.6 is 11.3 Å². The predicted octanol–water partition coefficient (Wildman–Crippen LogP) is 1.45. The molecule has 0 fully saturated rings. The molecule has 0 atom stereocenters. The average molecular weight is 238 g/mol. The molecular formula is C11H14N2O2S. The molecule has 0 aromatic carbocycles. The third kappa shape index (κ3) is 2.02. The molecule has 4 nitrogen and oxygen atoms in total. The number of hydrogen-bond donors (Lipinski definition) is 3. The number of aliphatic hydroxyl groups excluding tert-OH is 2. The van der Waals surface area contributed by atoms with E-state index in [0.29, 0.717) is 5.82 Å². The number of thiophene rings is 1. The van der Waals surface area contributed by atoms with E-state index in [1.165, 1.54) is 0 Å². The van der Waals surface area contributed by atoms with Crippen LogP contribution in [0.1, 0.15) is 6.92 Å². The summed E-state index contributed by atoms with van der Waals surface area (Å²) in [7, 11) is 0. The van der Waals surface area contributed by atoms with E-state index >= 15 is 0 Å². The zero-order valence-corrected chi connectivity index (χ0v) is 9.79. The normalized spacial score (nSPS) is 11.9. The van der Waals surface area contributed by atoms with Crippen molar-refractivity contribution >= 4 is 27.2 Å². The first-order valence-electron chi connectivity index (χ1n) is 5.01. The fourth-order valence-electron chi connectivity index (χ4n) is 1.41. The Bertz CT molecular complexity index is 480. The molecule has 2 aromatic rings. The van der Waals surface area contributed by atoms with Crippen LogP contribution in [0.25, 0.3) is 10.1 Å². The number of anilines is 1. The van der Waals surface area contributed by atoms with Gasteiger partial charge < -0.3 is 15.5 Å². The molecule has 3 N–H and O–H groups in total. The van der Waals surface area contributed by atoms with E-state index in [0.717, 1.165) is 10.1 Å². The lowest BCUT2D eigenvalue weighted by molar-refractivity contribution is 0.147. The van der Waals surface area contributed by atoms with E-state index in [1.807, 2.05) is 17.5 Å². The molecular weight excluding hydrogens is 224 g/mol. The summed E-state index contributed by atoms with van der Waals surface area (Å²) in [6, 6.07) is 3.92. The van der Waals surface area contributed by atoms with E-state index in [9.17, 15) is 10.2 Å². The van der Waals surface area contributed by atoms with Crippen molar-refractivity contribution in [1.29, 1.82) is 0 Å². The van der Waals surface area contributed by atoms with E-state index in [2.05, 4.69) is 10.3 Å². The number of nitrogens with one attached hydrogen (secondary N) is 1. The van der Waals surface area contributed by atoms with Crippen molar-refractivity contribution in [3.63, 3.8) is 0 Å². The second-order valence-corrected chi connectivity index (χ2v) is 4.94. The Labute approximate surface area is 97.6 Å².